The molecule has 0 aliphatic rings. The third-order valence-electron chi connectivity index (χ3n) is 2.54. The van der Waals surface area contributed by atoms with Crippen LogP contribution in [-0.2, 0) is 14.3 Å². The fourth-order valence-corrected chi connectivity index (χ4v) is 1.50. The summed E-state index contributed by atoms with van der Waals surface area (Å²) in [6.45, 7) is 3.86. The minimum atomic E-state index is -0.731. The fraction of sp³-hybridized carbons (Fsp3) is 0.462. The molecule has 0 aliphatic heterocycles. The molecular formula is C13H18N4O4. The number of carbonyl (C=O) groups is 3. The van der Waals surface area contributed by atoms with Crippen LogP contribution in [0.4, 0.5) is 0 Å². The molecule has 0 spiro atoms. The summed E-state index contributed by atoms with van der Waals surface area (Å²) in [5, 5.41) is 2.60. The lowest BCUT2D eigenvalue weighted by Crippen LogP contribution is -2.42. The lowest BCUT2D eigenvalue weighted by atomic mass is 10.4. The number of rotatable bonds is 7. The number of ether oxygens (including phenoxy) is 1. The molecule has 2 amide bonds. The maximum Gasteiger partial charge on any atom is 0.359 e. The van der Waals surface area contributed by atoms with Crippen LogP contribution in [0.1, 0.15) is 24.3 Å². The van der Waals surface area contributed by atoms with E-state index in [1.54, 1.807) is 13.8 Å². The Morgan fingerprint density at radius 3 is 2.62 bits per heavy atom. The minimum Gasteiger partial charge on any atom is -0.451 e. The van der Waals surface area contributed by atoms with Gasteiger partial charge in [0.15, 0.2) is 12.3 Å². The van der Waals surface area contributed by atoms with Gasteiger partial charge >= 0.3 is 5.97 Å². The average Bonchev–Trinajstić information content (AvgIpc) is 2.51. The largest absolute Gasteiger partial charge is 0.451 e. The van der Waals surface area contributed by atoms with Crippen LogP contribution in [0.5, 0.6) is 0 Å². The first kappa shape index (κ1) is 16.5. The zero-order valence-electron chi connectivity index (χ0n) is 12.0. The van der Waals surface area contributed by atoms with Gasteiger partial charge in [0.2, 0.25) is 5.91 Å². The highest BCUT2D eigenvalue weighted by atomic mass is 16.5. The van der Waals surface area contributed by atoms with Crippen molar-refractivity contribution >= 4 is 17.8 Å². The summed E-state index contributed by atoms with van der Waals surface area (Å²) in [6, 6.07) is 0. The molecule has 0 atom stereocenters. The lowest BCUT2D eigenvalue weighted by molar-refractivity contribution is -0.138. The van der Waals surface area contributed by atoms with Gasteiger partial charge in [-0.15, -0.1) is 0 Å². The molecular weight excluding hydrogens is 276 g/mol. The van der Waals surface area contributed by atoms with Crippen LogP contribution in [0.25, 0.3) is 0 Å². The summed E-state index contributed by atoms with van der Waals surface area (Å²) < 4.78 is 4.85. The Kier molecular flexibility index (Phi) is 6.79. The molecule has 0 aromatic carbocycles. The number of likely N-dealkylation sites (N-methyl/N-ethyl adjacent to an activating group) is 2. The number of hydrogen-bond donors (Lipinski definition) is 1. The van der Waals surface area contributed by atoms with Gasteiger partial charge < -0.3 is 15.0 Å². The molecule has 0 bridgehead atoms. The maximum atomic E-state index is 11.9. The van der Waals surface area contributed by atoms with Gasteiger partial charge in [0.05, 0.1) is 12.7 Å². The monoisotopic (exact) mass is 294 g/mol. The quantitative estimate of drug-likeness (QED) is 0.688. The van der Waals surface area contributed by atoms with Crippen LogP contribution in [0, 0.1) is 0 Å². The maximum absolute atomic E-state index is 11.9. The Bertz CT molecular complexity index is 492. The first-order chi connectivity index (χ1) is 10.1. The van der Waals surface area contributed by atoms with Crippen molar-refractivity contribution in [1.29, 1.82) is 0 Å². The molecule has 8 nitrogen and oxygen atoms in total. The molecule has 114 valence electrons. The number of aromatic nitrogens is 2. The highest BCUT2D eigenvalue weighted by Crippen LogP contribution is 1.97. The van der Waals surface area contributed by atoms with Crippen molar-refractivity contribution in [2.24, 2.45) is 0 Å². The SMILES string of the molecule is CCNC(=O)CN(CC)C(=O)COC(=O)c1cnccn1. The third-order valence-corrected chi connectivity index (χ3v) is 2.54. The molecule has 1 rings (SSSR count). The van der Waals surface area contributed by atoms with Crippen molar-refractivity contribution in [3.8, 4) is 0 Å². The molecule has 21 heavy (non-hydrogen) atoms. The van der Waals surface area contributed by atoms with Crippen LogP contribution in [-0.4, -0.2) is 58.9 Å². The van der Waals surface area contributed by atoms with Gasteiger partial charge in [-0.25, -0.2) is 9.78 Å². The average molecular weight is 294 g/mol. The standard InChI is InChI=1S/C13H18N4O4/c1-3-15-11(18)8-17(4-2)12(19)9-21-13(20)10-7-14-5-6-16-10/h5-7H,3-4,8-9H2,1-2H3,(H,15,18). The van der Waals surface area contributed by atoms with Crippen molar-refractivity contribution < 1.29 is 19.1 Å². The zero-order valence-corrected chi connectivity index (χ0v) is 12.0. The number of hydrogen-bond acceptors (Lipinski definition) is 6. The molecule has 1 N–H and O–H groups in total. The summed E-state index contributed by atoms with van der Waals surface area (Å²) in [5.41, 5.74) is 0.0251. The molecule has 0 radical (unpaired) electrons. The first-order valence-corrected chi connectivity index (χ1v) is 6.56. The molecule has 0 saturated carbocycles. The van der Waals surface area contributed by atoms with E-state index in [1.807, 2.05) is 0 Å². The Morgan fingerprint density at radius 2 is 2.05 bits per heavy atom. The topological polar surface area (TPSA) is 101 Å². The Balaban J connectivity index is 2.47. The van der Waals surface area contributed by atoms with E-state index in [9.17, 15) is 14.4 Å². The molecule has 1 aromatic heterocycles. The van der Waals surface area contributed by atoms with Crippen LogP contribution < -0.4 is 5.32 Å². The summed E-state index contributed by atoms with van der Waals surface area (Å²) in [7, 11) is 0. The van der Waals surface area contributed by atoms with Crippen molar-refractivity contribution in [1.82, 2.24) is 20.2 Å². The van der Waals surface area contributed by atoms with Crippen molar-refractivity contribution in [3.05, 3.63) is 24.3 Å². The Labute approximate surface area is 122 Å². The summed E-state index contributed by atoms with van der Waals surface area (Å²) >= 11 is 0. The van der Waals surface area contributed by atoms with Gasteiger partial charge in [-0.3, -0.25) is 14.6 Å². The highest BCUT2D eigenvalue weighted by molar-refractivity contribution is 5.90. The fourth-order valence-electron chi connectivity index (χ4n) is 1.50. The van der Waals surface area contributed by atoms with Crippen molar-refractivity contribution in [2.45, 2.75) is 13.8 Å². The van der Waals surface area contributed by atoms with Crippen molar-refractivity contribution in [3.63, 3.8) is 0 Å². The third kappa shape index (κ3) is 5.55. The van der Waals surface area contributed by atoms with E-state index in [-0.39, 0.29) is 18.1 Å². The molecule has 8 heteroatoms. The number of nitrogens with zero attached hydrogens (tertiary/aromatic N) is 3. The predicted octanol–water partition coefficient (Wildman–Crippen LogP) is -0.382. The van der Waals surface area contributed by atoms with Gasteiger partial charge in [0.1, 0.15) is 0 Å². The van der Waals surface area contributed by atoms with E-state index in [1.165, 1.54) is 23.5 Å². The van der Waals surface area contributed by atoms with Crippen LogP contribution >= 0.6 is 0 Å². The minimum absolute atomic E-state index is 0.0251. The molecule has 1 heterocycles. The van der Waals surface area contributed by atoms with Crippen LogP contribution in [0.2, 0.25) is 0 Å². The summed E-state index contributed by atoms with van der Waals surface area (Å²) in [6.07, 6.45) is 4.03. The second-order valence-electron chi connectivity index (χ2n) is 4.03. The number of amides is 2. The highest BCUT2D eigenvalue weighted by Gasteiger charge is 2.18. The van der Waals surface area contributed by atoms with E-state index in [0.29, 0.717) is 13.1 Å². The second kappa shape index (κ2) is 8.62. The van der Waals surface area contributed by atoms with Gasteiger partial charge in [-0.05, 0) is 13.8 Å². The molecule has 0 saturated heterocycles. The van der Waals surface area contributed by atoms with E-state index >= 15 is 0 Å². The van der Waals surface area contributed by atoms with Gasteiger partial charge in [0, 0.05) is 25.5 Å². The van der Waals surface area contributed by atoms with Gasteiger partial charge in [0.25, 0.3) is 5.91 Å². The zero-order chi connectivity index (χ0) is 15.7. The van der Waals surface area contributed by atoms with Gasteiger partial charge in [-0.2, -0.15) is 0 Å². The molecule has 0 aliphatic carbocycles. The van der Waals surface area contributed by atoms with Crippen LogP contribution in [0.3, 0.4) is 0 Å². The smallest absolute Gasteiger partial charge is 0.359 e. The lowest BCUT2D eigenvalue weighted by Gasteiger charge is -2.19. The van der Waals surface area contributed by atoms with Gasteiger partial charge in [-0.1, -0.05) is 0 Å². The molecule has 1 aromatic rings. The normalized spacial score (nSPS) is 9.81. The van der Waals surface area contributed by atoms with E-state index < -0.39 is 18.5 Å². The van der Waals surface area contributed by atoms with E-state index in [4.69, 9.17) is 4.74 Å². The van der Waals surface area contributed by atoms with E-state index in [2.05, 4.69) is 15.3 Å². The Morgan fingerprint density at radius 1 is 1.29 bits per heavy atom. The summed E-state index contributed by atoms with van der Waals surface area (Å²) in [5.74, 6) is -1.43. The predicted molar refractivity (Wildman–Crippen MR) is 73.3 cm³/mol. The van der Waals surface area contributed by atoms with Crippen LogP contribution in [0.15, 0.2) is 18.6 Å². The first-order valence-electron chi connectivity index (χ1n) is 6.56. The number of nitrogens with one attached hydrogen (secondary N) is 1. The van der Waals surface area contributed by atoms with E-state index in [0.717, 1.165) is 0 Å². The van der Waals surface area contributed by atoms with Crippen molar-refractivity contribution in [2.75, 3.05) is 26.2 Å². The number of esters is 1. The Hall–Kier alpha value is -2.51. The number of carbonyl (C=O) groups excluding carboxylic acids is 3. The molecule has 0 unspecified atom stereocenters. The second-order valence-corrected chi connectivity index (χ2v) is 4.03. The molecule has 0 fully saturated rings. The summed E-state index contributed by atoms with van der Waals surface area (Å²) in [4.78, 5) is 43.7.